The Hall–Kier alpha value is 0. The van der Waals surface area contributed by atoms with Crippen LogP contribution in [0, 0.1) is 23.7 Å². The van der Waals surface area contributed by atoms with Crippen molar-refractivity contribution in [1.82, 2.24) is 0 Å². The molecule has 0 aliphatic carbocycles. The maximum atomic E-state index is 2.39. The third-order valence-electron chi connectivity index (χ3n) is 3.42. The Morgan fingerprint density at radius 3 is 1.55 bits per heavy atom. The van der Waals surface area contributed by atoms with Crippen LogP contribution in [0.3, 0.4) is 0 Å². The van der Waals surface area contributed by atoms with Gasteiger partial charge in [0, 0.05) is 0 Å². The molecule has 0 spiro atoms. The van der Waals surface area contributed by atoms with E-state index in [4.69, 9.17) is 0 Å². The fourth-order valence-electron chi connectivity index (χ4n) is 1.50. The monoisotopic (exact) mass is 156 g/mol. The molecule has 0 aliphatic heterocycles. The molecular weight excluding hydrogens is 132 g/mol. The summed E-state index contributed by atoms with van der Waals surface area (Å²) in [5.74, 6) is 3.45. The standard InChI is InChI=1S/C11H24/c1-7-9(4)11(6)10(5)8(2)3/h8-11H,7H2,1-6H3/t9-,10+,11+/m1/s1. The first-order valence-corrected chi connectivity index (χ1v) is 5.00. The highest BCUT2D eigenvalue weighted by Crippen LogP contribution is 2.27. The first kappa shape index (κ1) is 11.0. The van der Waals surface area contributed by atoms with E-state index < -0.39 is 0 Å². The van der Waals surface area contributed by atoms with Crippen LogP contribution in [0.4, 0.5) is 0 Å². The zero-order valence-corrected chi connectivity index (χ0v) is 9.02. The number of hydrogen-bond acceptors (Lipinski definition) is 0. The highest BCUT2D eigenvalue weighted by Gasteiger charge is 2.19. The fraction of sp³-hybridized carbons (Fsp3) is 1.00. The molecule has 68 valence electrons. The van der Waals surface area contributed by atoms with E-state index >= 15 is 0 Å². The molecule has 0 bridgehead atoms. The largest absolute Gasteiger partial charge is 0.0651 e. The van der Waals surface area contributed by atoms with Crippen molar-refractivity contribution in [1.29, 1.82) is 0 Å². The lowest BCUT2D eigenvalue weighted by Gasteiger charge is -2.28. The molecule has 0 unspecified atom stereocenters. The van der Waals surface area contributed by atoms with E-state index in [9.17, 15) is 0 Å². The van der Waals surface area contributed by atoms with Crippen LogP contribution in [0.15, 0.2) is 0 Å². The second-order valence-electron chi connectivity index (χ2n) is 4.35. The maximum absolute atomic E-state index is 2.39. The van der Waals surface area contributed by atoms with Gasteiger partial charge in [-0.25, -0.2) is 0 Å². The third kappa shape index (κ3) is 3.27. The summed E-state index contributed by atoms with van der Waals surface area (Å²) in [6.45, 7) is 14.1. The van der Waals surface area contributed by atoms with E-state index in [1.807, 2.05) is 0 Å². The fourth-order valence-corrected chi connectivity index (χ4v) is 1.50. The van der Waals surface area contributed by atoms with E-state index in [2.05, 4.69) is 41.5 Å². The van der Waals surface area contributed by atoms with Gasteiger partial charge in [0.2, 0.25) is 0 Å². The van der Waals surface area contributed by atoms with Gasteiger partial charge in [0.25, 0.3) is 0 Å². The highest BCUT2D eigenvalue weighted by molar-refractivity contribution is 4.69. The molecule has 0 N–H and O–H groups in total. The van der Waals surface area contributed by atoms with Gasteiger partial charge < -0.3 is 0 Å². The summed E-state index contributed by atoms with van der Waals surface area (Å²) in [5, 5.41) is 0. The smallest absolute Gasteiger partial charge is 0.0389 e. The van der Waals surface area contributed by atoms with Crippen molar-refractivity contribution in [2.75, 3.05) is 0 Å². The van der Waals surface area contributed by atoms with Gasteiger partial charge in [0.1, 0.15) is 0 Å². The van der Waals surface area contributed by atoms with Crippen LogP contribution in [0.5, 0.6) is 0 Å². The molecule has 0 saturated heterocycles. The Kier molecular flexibility index (Phi) is 4.79. The molecule has 0 heterocycles. The maximum Gasteiger partial charge on any atom is -0.0389 e. The Labute approximate surface area is 72.4 Å². The van der Waals surface area contributed by atoms with Crippen molar-refractivity contribution in [2.24, 2.45) is 23.7 Å². The van der Waals surface area contributed by atoms with Crippen LogP contribution in [-0.4, -0.2) is 0 Å². The molecule has 0 radical (unpaired) electrons. The first-order chi connectivity index (χ1) is 5.00. The van der Waals surface area contributed by atoms with Crippen LogP contribution in [-0.2, 0) is 0 Å². The van der Waals surface area contributed by atoms with Crippen LogP contribution < -0.4 is 0 Å². The van der Waals surface area contributed by atoms with Gasteiger partial charge in [0.15, 0.2) is 0 Å². The topological polar surface area (TPSA) is 0 Å². The van der Waals surface area contributed by atoms with E-state index in [1.165, 1.54) is 6.42 Å². The van der Waals surface area contributed by atoms with Crippen molar-refractivity contribution in [3.8, 4) is 0 Å². The van der Waals surface area contributed by atoms with Gasteiger partial charge in [-0.2, -0.15) is 0 Å². The second kappa shape index (κ2) is 4.79. The molecule has 0 amide bonds. The summed E-state index contributed by atoms with van der Waals surface area (Å²) in [4.78, 5) is 0. The second-order valence-corrected chi connectivity index (χ2v) is 4.35. The molecule has 3 atom stereocenters. The average Bonchev–Trinajstić information content (AvgIpc) is 2.00. The lowest BCUT2D eigenvalue weighted by Crippen LogP contribution is -2.20. The van der Waals surface area contributed by atoms with Gasteiger partial charge in [-0.05, 0) is 23.7 Å². The quantitative estimate of drug-likeness (QED) is 0.578. The SMILES string of the molecule is CC[C@@H](C)[C@H](C)[C@@H](C)C(C)C. The van der Waals surface area contributed by atoms with Crippen LogP contribution >= 0.6 is 0 Å². The Balaban J connectivity index is 3.90. The Bertz CT molecular complexity index is 94.2. The van der Waals surface area contributed by atoms with Crippen LogP contribution in [0.25, 0.3) is 0 Å². The molecule has 0 aromatic rings. The first-order valence-electron chi connectivity index (χ1n) is 5.00. The summed E-state index contributed by atoms with van der Waals surface area (Å²) in [5.41, 5.74) is 0. The van der Waals surface area contributed by atoms with Gasteiger partial charge in [-0.3, -0.25) is 0 Å². The molecule has 0 fully saturated rings. The van der Waals surface area contributed by atoms with Crippen LogP contribution in [0.2, 0.25) is 0 Å². The lowest BCUT2D eigenvalue weighted by molar-refractivity contribution is 0.219. The van der Waals surface area contributed by atoms with Crippen molar-refractivity contribution in [3.05, 3.63) is 0 Å². The molecular formula is C11H24. The average molecular weight is 156 g/mol. The molecule has 0 rings (SSSR count). The van der Waals surface area contributed by atoms with Crippen molar-refractivity contribution in [3.63, 3.8) is 0 Å². The van der Waals surface area contributed by atoms with Crippen LogP contribution in [0.1, 0.15) is 48.0 Å². The lowest BCUT2D eigenvalue weighted by atomic mass is 9.78. The molecule has 0 saturated carbocycles. The molecule has 0 aromatic heterocycles. The molecule has 0 aromatic carbocycles. The highest BCUT2D eigenvalue weighted by atomic mass is 14.2. The summed E-state index contributed by atoms with van der Waals surface area (Å²) in [6, 6.07) is 0. The predicted octanol–water partition coefficient (Wildman–Crippen LogP) is 3.96. The summed E-state index contributed by atoms with van der Waals surface area (Å²) < 4.78 is 0. The van der Waals surface area contributed by atoms with E-state index in [0.717, 1.165) is 23.7 Å². The van der Waals surface area contributed by atoms with E-state index in [0.29, 0.717) is 0 Å². The zero-order valence-electron chi connectivity index (χ0n) is 9.02. The number of rotatable bonds is 4. The minimum absolute atomic E-state index is 0.832. The number of hydrogen-bond donors (Lipinski definition) is 0. The van der Waals surface area contributed by atoms with Gasteiger partial charge in [-0.15, -0.1) is 0 Å². The summed E-state index contributed by atoms with van der Waals surface area (Å²) in [7, 11) is 0. The minimum atomic E-state index is 0.832. The van der Waals surface area contributed by atoms with Gasteiger partial charge in [-0.1, -0.05) is 48.0 Å². The van der Waals surface area contributed by atoms with Crippen molar-refractivity contribution in [2.45, 2.75) is 48.0 Å². The van der Waals surface area contributed by atoms with E-state index in [-0.39, 0.29) is 0 Å². The Morgan fingerprint density at radius 2 is 1.27 bits per heavy atom. The summed E-state index contributed by atoms with van der Waals surface area (Å²) >= 11 is 0. The van der Waals surface area contributed by atoms with Crippen molar-refractivity contribution < 1.29 is 0 Å². The third-order valence-corrected chi connectivity index (χ3v) is 3.42. The molecule has 0 heteroatoms. The predicted molar refractivity (Wildman–Crippen MR) is 52.6 cm³/mol. The Morgan fingerprint density at radius 1 is 0.818 bits per heavy atom. The minimum Gasteiger partial charge on any atom is -0.0651 e. The van der Waals surface area contributed by atoms with Crippen molar-refractivity contribution >= 4 is 0 Å². The zero-order chi connectivity index (χ0) is 9.02. The summed E-state index contributed by atoms with van der Waals surface area (Å²) in [6.07, 6.45) is 1.32. The molecule has 11 heavy (non-hydrogen) atoms. The molecule has 0 aliphatic rings. The normalized spacial score (nSPS) is 19.9. The van der Waals surface area contributed by atoms with Gasteiger partial charge in [0.05, 0.1) is 0 Å². The molecule has 0 nitrogen and oxygen atoms in total. The van der Waals surface area contributed by atoms with E-state index in [1.54, 1.807) is 0 Å². The van der Waals surface area contributed by atoms with Gasteiger partial charge >= 0.3 is 0 Å².